The first kappa shape index (κ1) is 14.0. The molecule has 92 valence electrons. The highest BCUT2D eigenvalue weighted by Crippen LogP contribution is 2.18. The van der Waals surface area contributed by atoms with Crippen molar-refractivity contribution in [2.75, 3.05) is 32.7 Å². The summed E-state index contributed by atoms with van der Waals surface area (Å²) in [5.41, 5.74) is 0. The molecule has 0 aromatic carbocycles. The van der Waals surface area contributed by atoms with Crippen LogP contribution in [0.3, 0.4) is 0 Å². The molecule has 0 spiro atoms. The third-order valence-corrected chi connectivity index (χ3v) is 3.84. The molecule has 0 aliphatic carbocycles. The molecule has 2 nitrogen and oxygen atoms in total. The van der Waals surface area contributed by atoms with Crippen LogP contribution in [0.5, 0.6) is 0 Å². The van der Waals surface area contributed by atoms with Gasteiger partial charge in [0.2, 0.25) is 0 Å². The second-order valence-electron chi connectivity index (χ2n) is 3.68. The predicted molar refractivity (Wildman–Crippen MR) is 71.6 cm³/mol. The fourth-order valence-corrected chi connectivity index (χ4v) is 2.77. The number of hydrogen-bond acceptors (Lipinski definition) is 3. The molecule has 0 saturated heterocycles. The van der Waals surface area contributed by atoms with Crippen LogP contribution in [0.1, 0.15) is 16.7 Å². The molecule has 0 aliphatic rings. The lowest BCUT2D eigenvalue weighted by Gasteiger charge is -2.19. The normalized spacial score (nSPS) is 11.2. The van der Waals surface area contributed by atoms with Gasteiger partial charge >= 0.3 is 0 Å². The van der Waals surface area contributed by atoms with Crippen molar-refractivity contribution < 1.29 is 4.74 Å². The predicted octanol–water partition coefficient (Wildman–Crippen LogP) is 3.00. The van der Waals surface area contributed by atoms with E-state index in [4.69, 9.17) is 16.3 Å². The van der Waals surface area contributed by atoms with Gasteiger partial charge in [0.25, 0.3) is 0 Å². The van der Waals surface area contributed by atoms with E-state index in [-0.39, 0.29) is 0 Å². The highest BCUT2D eigenvalue weighted by atomic mass is 35.5. The summed E-state index contributed by atoms with van der Waals surface area (Å²) in [6.45, 7) is 5.81. The summed E-state index contributed by atoms with van der Waals surface area (Å²) < 4.78 is 5.10. The summed E-state index contributed by atoms with van der Waals surface area (Å²) in [5, 5.41) is 0. The molecule has 0 bridgehead atoms. The minimum Gasteiger partial charge on any atom is -0.383 e. The van der Waals surface area contributed by atoms with Crippen molar-refractivity contribution in [1.29, 1.82) is 0 Å². The average molecular weight is 262 g/mol. The monoisotopic (exact) mass is 261 g/mol. The van der Waals surface area contributed by atoms with Gasteiger partial charge in [-0.25, -0.2) is 0 Å². The van der Waals surface area contributed by atoms with Gasteiger partial charge in [0.1, 0.15) is 0 Å². The first-order valence-corrected chi connectivity index (χ1v) is 7.00. The number of hydrogen-bond donors (Lipinski definition) is 0. The van der Waals surface area contributed by atoms with E-state index in [1.54, 1.807) is 7.11 Å². The van der Waals surface area contributed by atoms with Crippen molar-refractivity contribution in [3.8, 4) is 0 Å². The second-order valence-corrected chi connectivity index (χ2v) is 5.31. The molecule has 4 heteroatoms. The van der Waals surface area contributed by atoms with E-state index in [2.05, 4.69) is 24.0 Å². The quantitative estimate of drug-likeness (QED) is 0.667. The van der Waals surface area contributed by atoms with Crippen molar-refractivity contribution in [2.24, 2.45) is 0 Å². The smallest absolute Gasteiger partial charge is 0.0589 e. The molecule has 0 unspecified atom stereocenters. The largest absolute Gasteiger partial charge is 0.383 e. The molecule has 1 heterocycles. The average Bonchev–Trinajstić information content (AvgIpc) is 2.74. The number of rotatable bonds is 8. The Kier molecular flexibility index (Phi) is 7.05. The van der Waals surface area contributed by atoms with E-state index >= 15 is 0 Å². The van der Waals surface area contributed by atoms with Crippen molar-refractivity contribution in [3.63, 3.8) is 0 Å². The van der Waals surface area contributed by atoms with E-state index in [0.29, 0.717) is 5.88 Å². The van der Waals surface area contributed by atoms with Crippen LogP contribution in [-0.2, 0) is 17.7 Å². The van der Waals surface area contributed by atoms with Crippen molar-refractivity contribution in [3.05, 3.63) is 21.9 Å². The zero-order valence-corrected chi connectivity index (χ0v) is 11.6. The van der Waals surface area contributed by atoms with E-state index in [1.165, 1.54) is 9.75 Å². The molecule has 1 aromatic rings. The first-order chi connectivity index (χ1) is 7.80. The van der Waals surface area contributed by atoms with Crippen LogP contribution in [0.2, 0.25) is 0 Å². The molecule has 16 heavy (non-hydrogen) atoms. The summed E-state index contributed by atoms with van der Waals surface area (Å²) in [4.78, 5) is 5.20. The van der Waals surface area contributed by atoms with Crippen LogP contribution < -0.4 is 0 Å². The van der Waals surface area contributed by atoms with E-state index in [9.17, 15) is 0 Å². The van der Waals surface area contributed by atoms with Crippen LogP contribution in [0.25, 0.3) is 0 Å². The number of ether oxygens (including phenoxy) is 1. The number of aryl methyl sites for hydroxylation is 1. The molecule has 0 aliphatic heterocycles. The molecule has 1 aromatic heterocycles. The van der Waals surface area contributed by atoms with Crippen molar-refractivity contribution in [2.45, 2.75) is 19.9 Å². The Balaban J connectivity index is 2.46. The van der Waals surface area contributed by atoms with Gasteiger partial charge in [-0.05, 0) is 18.6 Å². The molecule has 0 saturated carbocycles. The van der Waals surface area contributed by atoms with Crippen LogP contribution in [0, 0.1) is 0 Å². The van der Waals surface area contributed by atoms with Crippen molar-refractivity contribution >= 4 is 22.9 Å². The maximum absolute atomic E-state index is 5.79. The minimum absolute atomic E-state index is 0.676. The van der Waals surface area contributed by atoms with Crippen LogP contribution in [-0.4, -0.2) is 37.6 Å². The van der Waals surface area contributed by atoms with E-state index in [0.717, 1.165) is 32.7 Å². The fourth-order valence-electron chi connectivity index (χ4n) is 1.53. The lowest BCUT2D eigenvalue weighted by atomic mass is 10.3. The van der Waals surface area contributed by atoms with Gasteiger partial charge in [-0.1, -0.05) is 6.92 Å². The number of methoxy groups -OCH3 is 1. The zero-order valence-electron chi connectivity index (χ0n) is 10.0. The molecule has 0 fully saturated rings. The Labute approximate surface area is 107 Å². The highest BCUT2D eigenvalue weighted by molar-refractivity contribution is 7.11. The SMILES string of the molecule is CCc1ccc(CN(CCCl)CCOC)s1. The molecule has 1 rings (SSSR count). The van der Waals surface area contributed by atoms with Gasteiger partial charge in [0.15, 0.2) is 0 Å². The summed E-state index contributed by atoms with van der Waals surface area (Å²) in [6.07, 6.45) is 1.12. The Hall–Kier alpha value is -0.0900. The number of alkyl halides is 1. The van der Waals surface area contributed by atoms with Crippen molar-refractivity contribution in [1.82, 2.24) is 4.90 Å². The Morgan fingerprint density at radius 1 is 1.31 bits per heavy atom. The van der Waals surface area contributed by atoms with Gasteiger partial charge in [0, 0.05) is 42.4 Å². The fraction of sp³-hybridized carbons (Fsp3) is 0.667. The number of thiophene rings is 1. The van der Waals surface area contributed by atoms with Gasteiger partial charge in [-0.2, -0.15) is 0 Å². The summed E-state index contributed by atoms with van der Waals surface area (Å²) in [6, 6.07) is 4.44. The lowest BCUT2D eigenvalue weighted by molar-refractivity contribution is 0.148. The lowest BCUT2D eigenvalue weighted by Crippen LogP contribution is -2.28. The van der Waals surface area contributed by atoms with Crippen LogP contribution in [0.15, 0.2) is 12.1 Å². The molecular formula is C12H20ClNOS. The Bertz CT molecular complexity index is 290. The minimum atomic E-state index is 0.676. The Morgan fingerprint density at radius 2 is 2.06 bits per heavy atom. The van der Waals surface area contributed by atoms with Gasteiger partial charge in [0.05, 0.1) is 6.61 Å². The molecule has 0 atom stereocenters. The topological polar surface area (TPSA) is 12.5 Å². The maximum atomic E-state index is 5.79. The van der Waals surface area contributed by atoms with Gasteiger partial charge in [-0.3, -0.25) is 4.90 Å². The zero-order chi connectivity index (χ0) is 11.8. The number of nitrogens with zero attached hydrogens (tertiary/aromatic N) is 1. The first-order valence-electron chi connectivity index (χ1n) is 5.65. The molecule has 0 amide bonds. The van der Waals surface area contributed by atoms with E-state index < -0.39 is 0 Å². The summed E-state index contributed by atoms with van der Waals surface area (Å²) in [7, 11) is 1.74. The third kappa shape index (κ3) is 4.83. The molecular weight excluding hydrogens is 242 g/mol. The van der Waals surface area contributed by atoms with E-state index in [1.807, 2.05) is 11.3 Å². The second kappa shape index (κ2) is 8.07. The highest BCUT2D eigenvalue weighted by Gasteiger charge is 2.07. The maximum Gasteiger partial charge on any atom is 0.0589 e. The van der Waals surface area contributed by atoms with Gasteiger partial charge < -0.3 is 4.74 Å². The third-order valence-electron chi connectivity index (χ3n) is 2.46. The Morgan fingerprint density at radius 3 is 2.62 bits per heavy atom. The molecule has 0 N–H and O–H groups in total. The van der Waals surface area contributed by atoms with Crippen LogP contribution >= 0.6 is 22.9 Å². The number of halogens is 1. The van der Waals surface area contributed by atoms with Gasteiger partial charge in [-0.15, -0.1) is 22.9 Å². The summed E-state index contributed by atoms with van der Waals surface area (Å²) >= 11 is 7.69. The van der Waals surface area contributed by atoms with Crippen LogP contribution in [0.4, 0.5) is 0 Å². The summed E-state index contributed by atoms with van der Waals surface area (Å²) in [5.74, 6) is 0.676. The molecule has 0 radical (unpaired) electrons. The standard InChI is InChI=1S/C12H20ClNOS/c1-3-11-4-5-12(16-11)10-14(7-6-13)8-9-15-2/h4-5H,3,6-10H2,1-2H3.